The van der Waals surface area contributed by atoms with E-state index >= 15 is 0 Å². The van der Waals surface area contributed by atoms with E-state index < -0.39 is 0 Å². The van der Waals surface area contributed by atoms with Crippen molar-refractivity contribution in [2.75, 3.05) is 0 Å². The van der Waals surface area contributed by atoms with Gasteiger partial charge in [-0.2, -0.15) is 0 Å². The van der Waals surface area contributed by atoms with Crippen molar-refractivity contribution >= 4 is 29.0 Å². The molecule has 2 nitrogen and oxygen atoms in total. The zero-order valence-electron chi connectivity index (χ0n) is 10.5. The monoisotopic (exact) mass is 273 g/mol. The van der Waals surface area contributed by atoms with Crippen LogP contribution in [0.3, 0.4) is 0 Å². The van der Waals surface area contributed by atoms with E-state index in [-0.39, 0.29) is 17.4 Å². The molecule has 0 fully saturated rings. The highest BCUT2D eigenvalue weighted by atomic mass is 35.5. The predicted octanol–water partition coefficient (Wildman–Crippen LogP) is 3.95. The lowest BCUT2D eigenvalue weighted by atomic mass is 10.0. The van der Waals surface area contributed by atoms with Crippen molar-refractivity contribution in [2.24, 2.45) is 0 Å². The average molecular weight is 274 g/mol. The van der Waals surface area contributed by atoms with Gasteiger partial charge in [0.1, 0.15) is 0 Å². The third-order valence-corrected chi connectivity index (χ3v) is 2.99. The topological polar surface area (TPSA) is 29.1 Å². The summed E-state index contributed by atoms with van der Waals surface area (Å²) in [5.74, 6) is 0.0125. The number of halogens is 2. The number of carbonyl (C=O) groups is 1. The molecule has 94 valence electrons. The average Bonchev–Trinajstić information content (AvgIpc) is 2.18. The van der Waals surface area contributed by atoms with Crippen molar-refractivity contribution in [2.45, 2.75) is 39.3 Å². The van der Waals surface area contributed by atoms with Gasteiger partial charge in [0.05, 0.1) is 16.1 Å². The van der Waals surface area contributed by atoms with Gasteiger partial charge in [-0.05, 0) is 45.9 Å². The van der Waals surface area contributed by atoms with Crippen LogP contribution in [0.5, 0.6) is 0 Å². The molecule has 0 aliphatic carbocycles. The van der Waals surface area contributed by atoms with Crippen LogP contribution in [0, 0.1) is 0 Å². The second-order valence-corrected chi connectivity index (χ2v) is 5.92. The zero-order chi connectivity index (χ0) is 13.2. The molecular weight excluding hydrogens is 257 g/mol. The first-order valence-corrected chi connectivity index (χ1v) is 6.23. The standard InChI is InChI=1S/C13H17Cl2NO/c1-8(16-13(2,3)4)12(17)9-5-6-10(14)11(15)7-9/h5-8,16H,1-4H3/t8-/m1/s1. The first-order valence-electron chi connectivity index (χ1n) is 5.47. The Bertz CT molecular complexity index is 424. The number of hydrogen-bond donors (Lipinski definition) is 1. The Labute approximate surface area is 112 Å². The van der Waals surface area contributed by atoms with E-state index in [1.54, 1.807) is 18.2 Å². The summed E-state index contributed by atoms with van der Waals surface area (Å²) in [6.45, 7) is 7.90. The number of ketones is 1. The third kappa shape index (κ3) is 4.30. The first kappa shape index (κ1) is 14.5. The molecule has 0 saturated heterocycles. The van der Waals surface area contributed by atoms with Gasteiger partial charge in [-0.1, -0.05) is 23.2 Å². The fraction of sp³-hybridized carbons (Fsp3) is 0.462. The minimum atomic E-state index is -0.257. The molecule has 0 amide bonds. The van der Waals surface area contributed by atoms with Gasteiger partial charge in [-0.25, -0.2) is 0 Å². The molecule has 0 aliphatic heterocycles. The van der Waals surface area contributed by atoms with Gasteiger partial charge in [-0.3, -0.25) is 4.79 Å². The third-order valence-electron chi connectivity index (χ3n) is 2.25. The van der Waals surface area contributed by atoms with Crippen LogP contribution in [0.15, 0.2) is 18.2 Å². The van der Waals surface area contributed by atoms with Crippen LogP contribution in [0.1, 0.15) is 38.1 Å². The maximum Gasteiger partial charge on any atom is 0.179 e. The second kappa shape index (κ2) is 5.38. The molecule has 0 saturated carbocycles. The van der Waals surface area contributed by atoms with Gasteiger partial charge in [0.2, 0.25) is 0 Å². The molecule has 0 bridgehead atoms. The summed E-state index contributed by atoms with van der Waals surface area (Å²) in [6, 6.07) is 4.68. The van der Waals surface area contributed by atoms with Crippen molar-refractivity contribution in [3.05, 3.63) is 33.8 Å². The van der Waals surface area contributed by atoms with E-state index in [0.29, 0.717) is 15.6 Å². The van der Waals surface area contributed by atoms with E-state index in [4.69, 9.17) is 23.2 Å². The number of benzene rings is 1. The SMILES string of the molecule is C[C@@H](NC(C)(C)C)C(=O)c1ccc(Cl)c(Cl)c1. The maximum absolute atomic E-state index is 12.1. The minimum Gasteiger partial charge on any atom is -0.303 e. The van der Waals surface area contributed by atoms with Crippen LogP contribution >= 0.6 is 23.2 Å². The van der Waals surface area contributed by atoms with Crippen molar-refractivity contribution in [1.29, 1.82) is 0 Å². The van der Waals surface area contributed by atoms with E-state index in [1.807, 2.05) is 27.7 Å². The van der Waals surface area contributed by atoms with Crippen LogP contribution in [0.4, 0.5) is 0 Å². The smallest absolute Gasteiger partial charge is 0.179 e. The molecule has 0 radical (unpaired) electrons. The van der Waals surface area contributed by atoms with Gasteiger partial charge >= 0.3 is 0 Å². The normalized spacial score (nSPS) is 13.5. The Morgan fingerprint density at radius 3 is 2.29 bits per heavy atom. The molecule has 1 rings (SSSR count). The highest BCUT2D eigenvalue weighted by Gasteiger charge is 2.20. The maximum atomic E-state index is 12.1. The number of carbonyl (C=O) groups excluding carboxylic acids is 1. The Morgan fingerprint density at radius 1 is 1.24 bits per heavy atom. The van der Waals surface area contributed by atoms with Crippen LogP contribution in [-0.4, -0.2) is 17.4 Å². The van der Waals surface area contributed by atoms with Gasteiger partial charge < -0.3 is 5.32 Å². The lowest BCUT2D eigenvalue weighted by Crippen LogP contribution is -2.46. The van der Waals surface area contributed by atoms with Crippen molar-refractivity contribution in [1.82, 2.24) is 5.32 Å². The largest absolute Gasteiger partial charge is 0.303 e. The molecule has 0 spiro atoms. The van der Waals surface area contributed by atoms with Crippen molar-refractivity contribution < 1.29 is 4.79 Å². The van der Waals surface area contributed by atoms with Crippen LogP contribution in [0.2, 0.25) is 10.0 Å². The lowest BCUT2D eigenvalue weighted by molar-refractivity contribution is 0.0936. The predicted molar refractivity (Wildman–Crippen MR) is 73.1 cm³/mol. The summed E-state index contributed by atoms with van der Waals surface area (Å²) in [4.78, 5) is 12.1. The first-order chi connectivity index (χ1) is 7.70. The van der Waals surface area contributed by atoms with Crippen LogP contribution < -0.4 is 5.32 Å². The molecule has 1 N–H and O–H groups in total. The van der Waals surface area contributed by atoms with Crippen LogP contribution in [-0.2, 0) is 0 Å². The van der Waals surface area contributed by atoms with E-state index in [1.165, 1.54) is 0 Å². The number of Topliss-reactive ketones (excluding diaryl/α,β-unsaturated/α-hetero) is 1. The van der Waals surface area contributed by atoms with E-state index in [0.717, 1.165) is 0 Å². The summed E-state index contributed by atoms with van der Waals surface area (Å²) in [5.41, 5.74) is 0.467. The summed E-state index contributed by atoms with van der Waals surface area (Å²) in [6.07, 6.45) is 0. The van der Waals surface area contributed by atoms with E-state index in [2.05, 4.69) is 5.32 Å². The van der Waals surface area contributed by atoms with Crippen molar-refractivity contribution in [3.8, 4) is 0 Å². The Kier molecular flexibility index (Phi) is 4.59. The van der Waals surface area contributed by atoms with Gasteiger partial charge in [0, 0.05) is 11.1 Å². The Balaban J connectivity index is 2.85. The minimum absolute atomic E-state index is 0.0125. The lowest BCUT2D eigenvalue weighted by Gasteiger charge is -2.25. The summed E-state index contributed by atoms with van der Waals surface area (Å²) >= 11 is 11.7. The summed E-state index contributed by atoms with van der Waals surface area (Å²) in [7, 11) is 0. The van der Waals surface area contributed by atoms with Gasteiger partial charge in [0.15, 0.2) is 5.78 Å². The molecule has 0 unspecified atom stereocenters. The fourth-order valence-corrected chi connectivity index (χ4v) is 1.91. The molecule has 4 heteroatoms. The van der Waals surface area contributed by atoms with Gasteiger partial charge in [-0.15, -0.1) is 0 Å². The molecule has 1 aromatic rings. The van der Waals surface area contributed by atoms with Crippen LogP contribution in [0.25, 0.3) is 0 Å². The number of rotatable bonds is 3. The second-order valence-electron chi connectivity index (χ2n) is 5.11. The quantitative estimate of drug-likeness (QED) is 0.845. The molecule has 0 aromatic heterocycles. The van der Waals surface area contributed by atoms with Gasteiger partial charge in [0.25, 0.3) is 0 Å². The molecule has 0 aliphatic rings. The molecule has 1 aromatic carbocycles. The van der Waals surface area contributed by atoms with E-state index in [9.17, 15) is 4.79 Å². The molecular formula is C13H17Cl2NO. The summed E-state index contributed by atoms with van der Waals surface area (Å²) < 4.78 is 0. The highest BCUT2D eigenvalue weighted by Crippen LogP contribution is 2.23. The number of hydrogen-bond acceptors (Lipinski definition) is 2. The molecule has 1 atom stereocenters. The Hall–Kier alpha value is -0.570. The molecule has 17 heavy (non-hydrogen) atoms. The zero-order valence-corrected chi connectivity index (χ0v) is 12.0. The number of nitrogens with one attached hydrogen (secondary N) is 1. The highest BCUT2D eigenvalue weighted by molar-refractivity contribution is 6.42. The molecule has 0 heterocycles. The Morgan fingerprint density at radius 2 is 1.82 bits per heavy atom. The fourth-order valence-electron chi connectivity index (χ4n) is 1.61. The van der Waals surface area contributed by atoms with Crippen molar-refractivity contribution in [3.63, 3.8) is 0 Å². The summed E-state index contributed by atoms with van der Waals surface area (Å²) in [5, 5.41) is 4.09.